The van der Waals surface area contributed by atoms with Crippen LogP contribution in [0.4, 0.5) is 0 Å². The minimum atomic E-state index is 0. The van der Waals surface area contributed by atoms with E-state index in [-0.39, 0.29) is 14.9 Å². The highest BCUT2D eigenvalue weighted by atomic mass is 15.1. The number of benzene rings is 4. The predicted molar refractivity (Wildman–Crippen MR) is 424 cm³/mol. The van der Waals surface area contributed by atoms with Crippen molar-refractivity contribution < 1.29 is 0 Å². The van der Waals surface area contributed by atoms with E-state index in [1.54, 1.807) is 31.0 Å². The number of pyridine rings is 3. The zero-order valence-corrected chi connectivity index (χ0v) is 63.4. The normalized spacial score (nSPS) is 9.39. The summed E-state index contributed by atoms with van der Waals surface area (Å²) >= 11 is 0. The van der Waals surface area contributed by atoms with E-state index in [0.29, 0.717) is 41.4 Å². The van der Waals surface area contributed by atoms with Gasteiger partial charge in [-0.05, 0) is 83.7 Å². The molecule has 0 aliphatic heterocycles. The molecule has 0 radical (unpaired) electrons. The quantitative estimate of drug-likeness (QED) is 0.152. The maximum absolute atomic E-state index is 4.57. The lowest BCUT2D eigenvalue weighted by molar-refractivity contribution is 0.722. The summed E-state index contributed by atoms with van der Waals surface area (Å²) in [6, 6.07) is 47.0. The van der Waals surface area contributed by atoms with Crippen LogP contribution in [-0.2, 0) is 7.05 Å². The molecular weight excluding hydrogens is 1160 g/mol. The van der Waals surface area contributed by atoms with Gasteiger partial charge in [-0.3, -0.25) is 24.9 Å². The van der Waals surface area contributed by atoms with Crippen molar-refractivity contribution in [2.24, 2.45) is 7.05 Å². The third kappa shape index (κ3) is 37.5. The van der Waals surface area contributed by atoms with Crippen LogP contribution in [0.1, 0.15) is 290 Å². The van der Waals surface area contributed by atoms with Gasteiger partial charge >= 0.3 is 0 Å². The van der Waals surface area contributed by atoms with E-state index >= 15 is 0 Å². The number of rotatable bonds is 7. The van der Waals surface area contributed by atoms with E-state index < -0.39 is 0 Å². The van der Waals surface area contributed by atoms with Crippen LogP contribution in [0.15, 0.2) is 189 Å². The second kappa shape index (κ2) is 59.6. The van der Waals surface area contributed by atoms with Crippen molar-refractivity contribution in [3.63, 3.8) is 0 Å². The van der Waals surface area contributed by atoms with Crippen LogP contribution in [0.3, 0.4) is 0 Å². The molecule has 0 bridgehead atoms. The number of para-hydroxylation sites is 4. The summed E-state index contributed by atoms with van der Waals surface area (Å²) in [6.07, 6.45) is 14.4. The van der Waals surface area contributed by atoms with E-state index in [9.17, 15) is 0 Å². The third-order valence-electron chi connectivity index (χ3n) is 12.4. The molecule has 0 fully saturated rings. The van der Waals surface area contributed by atoms with Crippen LogP contribution in [0.5, 0.6) is 0 Å². The highest BCUT2D eigenvalue weighted by Crippen LogP contribution is 2.22. The molecule has 11 heteroatoms. The number of hydrogen-bond donors (Lipinski definition) is 0. The van der Waals surface area contributed by atoms with Gasteiger partial charge in [0.05, 0.1) is 27.8 Å². The molecule has 0 saturated carbocycles. The van der Waals surface area contributed by atoms with Gasteiger partial charge in [0, 0.05) is 108 Å². The lowest BCUT2D eigenvalue weighted by atomic mass is 10.1. The molecular formula is C84H133N11. The van der Waals surface area contributed by atoms with Crippen molar-refractivity contribution in [1.82, 2.24) is 54.4 Å². The Morgan fingerprint density at radius 1 is 0.274 bits per heavy atom. The first-order valence-corrected chi connectivity index (χ1v) is 34.7. The van der Waals surface area contributed by atoms with Crippen LogP contribution in [-0.4, -0.2) is 54.4 Å². The highest BCUT2D eigenvalue weighted by molar-refractivity contribution is 5.82. The highest BCUT2D eigenvalue weighted by Gasteiger charge is 2.10. The molecule has 0 spiro atoms. The first kappa shape index (κ1) is 95.5. The molecule has 7 aromatic heterocycles. The number of aromatic nitrogens is 11. The summed E-state index contributed by atoms with van der Waals surface area (Å²) in [7, 11) is 2.07. The first-order chi connectivity index (χ1) is 44.9. The van der Waals surface area contributed by atoms with Crippen LogP contribution in [0, 0.1) is 0 Å². The van der Waals surface area contributed by atoms with Crippen molar-refractivity contribution in [1.29, 1.82) is 0 Å². The van der Waals surface area contributed by atoms with Gasteiger partial charge in [0.2, 0.25) is 0 Å². The Morgan fingerprint density at radius 3 is 1.14 bits per heavy atom. The van der Waals surface area contributed by atoms with Gasteiger partial charge < -0.3 is 4.57 Å². The lowest BCUT2D eigenvalue weighted by Crippen LogP contribution is -1.99. The summed E-state index contributed by atoms with van der Waals surface area (Å²) in [4.78, 5) is 42.7. The van der Waals surface area contributed by atoms with Gasteiger partial charge in [0.1, 0.15) is 17.5 Å². The van der Waals surface area contributed by atoms with E-state index in [2.05, 4.69) is 219 Å². The van der Waals surface area contributed by atoms with Gasteiger partial charge in [-0.15, -0.1) is 0 Å². The van der Waals surface area contributed by atoms with Crippen LogP contribution in [0.2, 0.25) is 0 Å². The molecule has 11 nitrogen and oxygen atoms in total. The third-order valence-corrected chi connectivity index (χ3v) is 12.4. The second-order valence-corrected chi connectivity index (χ2v) is 21.3. The lowest BCUT2D eigenvalue weighted by Gasteiger charge is -2.04. The molecule has 11 aromatic rings. The number of hydrogen-bond acceptors (Lipinski definition) is 10. The summed E-state index contributed by atoms with van der Waals surface area (Å²) in [5, 5.41) is 4.81. The van der Waals surface area contributed by atoms with Gasteiger partial charge in [0.25, 0.3) is 0 Å². The van der Waals surface area contributed by atoms with Crippen molar-refractivity contribution in [3.8, 4) is 0 Å². The van der Waals surface area contributed by atoms with Gasteiger partial charge in [-0.25, -0.2) is 24.9 Å². The molecule has 0 atom stereocenters. The zero-order chi connectivity index (χ0) is 71.3. The summed E-state index contributed by atoms with van der Waals surface area (Å²) in [6.45, 7) is 57.8. The first-order valence-electron chi connectivity index (χ1n) is 34.7. The largest absolute Gasteiger partial charge is 0.331 e. The van der Waals surface area contributed by atoms with Gasteiger partial charge in [0.15, 0.2) is 0 Å². The van der Waals surface area contributed by atoms with Gasteiger partial charge in [-0.2, -0.15) is 0 Å². The number of fused-ring (bicyclic) bond motifs is 4. The standard InChI is InChI=1S/2C12H13N.C11H14N2.C11H12N2.C8H11N.2C7H10N2.7C2H6.2CH4/c1-9(2)12-7-10-5-3-4-6-11(10)8-13-12;1-9(2)11-8-7-10-5-3-4-6-12(10)13-11;1-8(2)11-12-9-6-4-5-7-10(9)13(11)3;1-8(2)11-12-7-9-5-3-4-6-10(9)13-11;1-7(2)8-5-3-4-6-9-8;1-6(2)7-5-8-3-4-9-7;1-6(2)7-8-4-3-5-9-7;7*1-2;;/h2*3-9H,1-2H3;4-8H,1-3H3;3-8H,1-2H3;3-7H,1-2H3;2*3-6H,1-2H3;7*1-2H3;2*1H4. The summed E-state index contributed by atoms with van der Waals surface area (Å²) < 4.78 is 2.17. The average Bonchev–Trinajstić information content (AvgIpc) is 1.74. The smallest absolute Gasteiger partial charge is 0.131 e. The molecule has 524 valence electrons. The molecule has 0 saturated heterocycles. The summed E-state index contributed by atoms with van der Waals surface area (Å²) in [5.74, 6) is 6.34. The Morgan fingerprint density at radius 2 is 0.705 bits per heavy atom. The fourth-order valence-corrected chi connectivity index (χ4v) is 7.70. The number of imidazole rings is 1. The van der Waals surface area contributed by atoms with Crippen LogP contribution in [0.25, 0.3) is 43.6 Å². The van der Waals surface area contributed by atoms with Crippen molar-refractivity contribution in [3.05, 3.63) is 229 Å². The zero-order valence-electron chi connectivity index (χ0n) is 63.4. The molecule has 11 rings (SSSR count). The predicted octanol–water partition coefficient (Wildman–Crippen LogP) is 26.0. The van der Waals surface area contributed by atoms with Crippen molar-refractivity contribution in [2.45, 2.75) is 250 Å². The number of nitrogens with zero attached hydrogens (tertiary/aromatic N) is 11. The van der Waals surface area contributed by atoms with Crippen LogP contribution >= 0.6 is 0 Å². The molecule has 4 aromatic carbocycles. The van der Waals surface area contributed by atoms with Crippen LogP contribution < -0.4 is 0 Å². The fourth-order valence-electron chi connectivity index (χ4n) is 7.70. The maximum atomic E-state index is 4.57. The van der Waals surface area contributed by atoms with E-state index in [0.717, 1.165) is 50.8 Å². The monoisotopic (exact) mass is 1300 g/mol. The van der Waals surface area contributed by atoms with Crippen molar-refractivity contribution in [2.75, 3.05) is 0 Å². The Bertz CT molecular complexity index is 3170. The number of aryl methyl sites for hydroxylation is 1. The minimum absolute atomic E-state index is 0. The molecule has 95 heavy (non-hydrogen) atoms. The Hall–Kier alpha value is -8.18. The minimum Gasteiger partial charge on any atom is -0.331 e. The average molecular weight is 1300 g/mol. The van der Waals surface area contributed by atoms with E-state index in [1.165, 1.54) is 33.1 Å². The molecule has 0 aliphatic rings. The topological polar surface area (TPSA) is 134 Å². The maximum Gasteiger partial charge on any atom is 0.131 e. The second-order valence-electron chi connectivity index (χ2n) is 21.3. The summed E-state index contributed by atoms with van der Waals surface area (Å²) in [5.41, 5.74) is 8.97. The Labute approximate surface area is 581 Å². The molecule has 0 aliphatic carbocycles. The van der Waals surface area contributed by atoms with Gasteiger partial charge in [-0.1, -0.05) is 294 Å². The Balaban J connectivity index is -0.000000322. The molecule has 0 unspecified atom stereocenters. The Kier molecular flexibility index (Phi) is 59.9. The SMILES string of the molecule is C.C.CC.CC.CC.CC.CC.CC.CC.CC(C)c1cc2ccccc2cn1.CC(C)c1ccc2ccccc2n1.CC(C)c1ccccn1.CC(C)c1cnccn1.CC(C)c1nc2ccccc2n1C.CC(C)c1ncc2ccccc2n1.CC(C)c1ncccn1. The molecule has 7 heterocycles. The molecule has 0 N–H and O–H groups in total. The molecule has 0 amide bonds. The van der Waals surface area contributed by atoms with E-state index in [1.807, 2.05) is 194 Å². The van der Waals surface area contributed by atoms with Crippen molar-refractivity contribution >= 4 is 43.6 Å². The van der Waals surface area contributed by atoms with E-state index in [4.69, 9.17) is 0 Å². The fraction of sp³-hybridized carbons (Fsp3) is 0.452.